The molecule has 11 heteroatoms. The van der Waals surface area contributed by atoms with E-state index >= 15 is 0 Å². The summed E-state index contributed by atoms with van der Waals surface area (Å²) in [5.41, 5.74) is 2.82. The third-order valence-electron chi connectivity index (χ3n) is 3.82. The maximum Gasteiger partial charge on any atom is 0.301 e. The van der Waals surface area contributed by atoms with Crippen LogP contribution >= 0.6 is 0 Å². The second-order valence-electron chi connectivity index (χ2n) is 5.44. The zero-order chi connectivity index (χ0) is 20.8. The van der Waals surface area contributed by atoms with E-state index in [4.69, 9.17) is 14.2 Å². The quantitative estimate of drug-likeness (QED) is 0.411. The van der Waals surface area contributed by atoms with Gasteiger partial charge in [0.05, 0.1) is 43.0 Å². The zero-order valence-corrected chi connectivity index (χ0v) is 15.6. The molecular formula is C17H18N4O7. The number of methoxy groups -OCH3 is 3. The minimum absolute atomic E-state index is 0.0161. The lowest BCUT2D eigenvalue weighted by molar-refractivity contribution is -0.393. The number of rotatable bonds is 8. The first-order valence-corrected chi connectivity index (χ1v) is 7.85. The Labute approximate surface area is 159 Å². The van der Waals surface area contributed by atoms with Gasteiger partial charge in [0.1, 0.15) is 5.69 Å². The van der Waals surface area contributed by atoms with Gasteiger partial charge in [-0.15, -0.1) is 0 Å². The van der Waals surface area contributed by atoms with Crippen LogP contribution in [0, 0.1) is 20.2 Å². The normalized spacial score (nSPS) is 10.9. The highest BCUT2D eigenvalue weighted by Gasteiger charge is 2.19. The van der Waals surface area contributed by atoms with Crippen LogP contribution in [0.2, 0.25) is 0 Å². The molecule has 2 rings (SSSR count). The topological polar surface area (TPSA) is 138 Å². The van der Waals surface area contributed by atoms with Crippen LogP contribution in [0.3, 0.4) is 0 Å². The van der Waals surface area contributed by atoms with Crippen molar-refractivity contribution in [2.45, 2.75) is 6.92 Å². The number of benzene rings is 2. The molecule has 0 heterocycles. The predicted molar refractivity (Wildman–Crippen MR) is 102 cm³/mol. The first-order valence-electron chi connectivity index (χ1n) is 7.85. The van der Waals surface area contributed by atoms with Crippen molar-refractivity contribution in [3.05, 3.63) is 56.1 Å². The smallest absolute Gasteiger partial charge is 0.301 e. The number of nitro benzene ring substituents is 2. The number of anilines is 1. The zero-order valence-electron chi connectivity index (χ0n) is 15.6. The van der Waals surface area contributed by atoms with E-state index < -0.39 is 15.5 Å². The van der Waals surface area contributed by atoms with E-state index in [1.54, 1.807) is 19.1 Å². The summed E-state index contributed by atoms with van der Waals surface area (Å²) in [6.07, 6.45) is 0. The van der Waals surface area contributed by atoms with Crippen molar-refractivity contribution in [2.24, 2.45) is 5.10 Å². The molecular weight excluding hydrogens is 372 g/mol. The van der Waals surface area contributed by atoms with Crippen LogP contribution in [0.5, 0.6) is 17.2 Å². The molecule has 0 aliphatic heterocycles. The molecule has 0 radical (unpaired) electrons. The largest absolute Gasteiger partial charge is 0.493 e. The highest BCUT2D eigenvalue weighted by atomic mass is 16.6. The number of non-ortho nitro benzene ring substituents is 1. The van der Waals surface area contributed by atoms with Crippen molar-refractivity contribution in [1.29, 1.82) is 0 Å². The molecule has 0 spiro atoms. The standard InChI is InChI=1S/C17H18N4O7/c1-10(11-7-15(26-2)17(28-4)16(8-11)27-3)18-19-13-6-5-12(20(22)23)9-14(13)21(24)25/h5-9,19H,1-4H3/b18-10+. The summed E-state index contributed by atoms with van der Waals surface area (Å²) < 4.78 is 15.8. The number of hydrazone groups is 1. The van der Waals surface area contributed by atoms with Gasteiger partial charge in [-0.2, -0.15) is 5.10 Å². The lowest BCUT2D eigenvalue weighted by atomic mass is 10.1. The number of hydrogen-bond acceptors (Lipinski definition) is 9. The molecule has 148 valence electrons. The average Bonchev–Trinajstić information content (AvgIpc) is 2.70. The lowest BCUT2D eigenvalue weighted by Gasteiger charge is -2.14. The van der Waals surface area contributed by atoms with E-state index in [1.807, 2.05) is 0 Å². The van der Waals surface area contributed by atoms with E-state index in [1.165, 1.54) is 27.4 Å². The molecule has 2 aromatic rings. The molecule has 0 unspecified atom stereocenters. The predicted octanol–water partition coefficient (Wildman–Crippen LogP) is 3.36. The van der Waals surface area contributed by atoms with Crippen LogP contribution in [0.25, 0.3) is 0 Å². The van der Waals surface area contributed by atoms with Crippen molar-refractivity contribution in [2.75, 3.05) is 26.8 Å². The Morgan fingerprint density at radius 3 is 2.04 bits per heavy atom. The Hall–Kier alpha value is -3.89. The van der Waals surface area contributed by atoms with Gasteiger partial charge >= 0.3 is 5.69 Å². The fraction of sp³-hybridized carbons (Fsp3) is 0.235. The molecule has 11 nitrogen and oxygen atoms in total. The Morgan fingerprint density at radius 1 is 0.964 bits per heavy atom. The van der Waals surface area contributed by atoms with Crippen molar-refractivity contribution >= 4 is 22.8 Å². The van der Waals surface area contributed by atoms with Crippen molar-refractivity contribution in [3.63, 3.8) is 0 Å². The molecule has 0 saturated carbocycles. The molecule has 0 aromatic heterocycles. The van der Waals surface area contributed by atoms with E-state index in [-0.39, 0.29) is 11.4 Å². The molecule has 28 heavy (non-hydrogen) atoms. The van der Waals surface area contributed by atoms with Gasteiger partial charge in [-0.25, -0.2) is 0 Å². The molecule has 0 saturated heterocycles. The van der Waals surface area contributed by atoms with E-state index in [0.717, 1.165) is 12.1 Å². The number of nitrogens with zero attached hydrogens (tertiary/aromatic N) is 3. The van der Waals surface area contributed by atoms with Gasteiger partial charge in [-0.05, 0) is 25.1 Å². The first-order chi connectivity index (χ1) is 13.3. The van der Waals surface area contributed by atoms with Crippen molar-refractivity contribution < 1.29 is 24.1 Å². The highest BCUT2D eigenvalue weighted by Crippen LogP contribution is 2.38. The van der Waals surface area contributed by atoms with Crippen molar-refractivity contribution in [1.82, 2.24) is 0 Å². The fourth-order valence-electron chi connectivity index (χ4n) is 2.38. The molecule has 1 N–H and O–H groups in total. The summed E-state index contributed by atoms with van der Waals surface area (Å²) in [6.45, 7) is 1.67. The van der Waals surface area contributed by atoms with Gasteiger partial charge in [-0.3, -0.25) is 25.7 Å². The molecule has 0 bridgehead atoms. The van der Waals surface area contributed by atoms with Gasteiger partial charge in [0.25, 0.3) is 5.69 Å². The summed E-state index contributed by atoms with van der Waals surface area (Å²) in [7, 11) is 4.44. The summed E-state index contributed by atoms with van der Waals surface area (Å²) in [5, 5.41) is 26.1. The third kappa shape index (κ3) is 4.26. The Morgan fingerprint density at radius 2 is 1.57 bits per heavy atom. The maximum absolute atomic E-state index is 11.2. The summed E-state index contributed by atoms with van der Waals surface area (Å²) in [5.74, 6) is 1.26. The van der Waals surface area contributed by atoms with E-state index in [2.05, 4.69) is 10.5 Å². The Balaban J connectivity index is 2.40. The molecule has 0 aliphatic rings. The summed E-state index contributed by atoms with van der Waals surface area (Å²) >= 11 is 0. The highest BCUT2D eigenvalue weighted by molar-refractivity contribution is 6.00. The van der Waals surface area contributed by atoms with Crippen LogP contribution in [-0.2, 0) is 0 Å². The van der Waals surface area contributed by atoms with E-state index in [0.29, 0.717) is 28.5 Å². The van der Waals surface area contributed by atoms with Crippen LogP contribution in [0.4, 0.5) is 17.1 Å². The summed E-state index contributed by atoms with van der Waals surface area (Å²) in [6, 6.07) is 6.59. The molecule has 0 aliphatic carbocycles. The second kappa shape index (κ2) is 8.66. The minimum Gasteiger partial charge on any atom is -0.493 e. The second-order valence-corrected chi connectivity index (χ2v) is 5.44. The number of hydrogen-bond donors (Lipinski definition) is 1. The lowest BCUT2D eigenvalue weighted by Crippen LogP contribution is -2.04. The van der Waals surface area contributed by atoms with Crippen LogP contribution in [0.1, 0.15) is 12.5 Å². The molecule has 2 aromatic carbocycles. The van der Waals surface area contributed by atoms with Gasteiger partial charge in [0.2, 0.25) is 5.75 Å². The van der Waals surface area contributed by atoms with Gasteiger partial charge in [-0.1, -0.05) is 0 Å². The Bertz CT molecular complexity index is 918. The number of ether oxygens (including phenoxy) is 3. The maximum atomic E-state index is 11.2. The molecule has 0 amide bonds. The first kappa shape index (κ1) is 20.4. The van der Waals surface area contributed by atoms with Crippen LogP contribution in [-0.4, -0.2) is 36.9 Å². The van der Waals surface area contributed by atoms with Gasteiger partial charge in [0.15, 0.2) is 11.5 Å². The Kier molecular flexibility index (Phi) is 6.32. The fourth-order valence-corrected chi connectivity index (χ4v) is 2.38. The molecule has 0 atom stereocenters. The number of nitro groups is 2. The van der Waals surface area contributed by atoms with Gasteiger partial charge < -0.3 is 14.2 Å². The van der Waals surface area contributed by atoms with E-state index in [9.17, 15) is 20.2 Å². The third-order valence-corrected chi connectivity index (χ3v) is 3.82. The monoisotopic (exact) mass is 390 g/mol. The average molecular weight is 390 g/mol. The summed E-state index contributed by atoms with van der Waals surface area (Å²) in [4.78, 5) is 20.6. The minimum atomic E-state index is -0.723. The van der Waals surface area contributed by atoms with Crippen LogP contribution < -0.4 is 19.6 Å². The van der Waals surface area contributed by atoms with Gasteiger partial charge in [0, 0.05) is 11.6 Å². The molecule has 0 fully saturated rings. The van der Waals surface area contributed by atoms with Crippen LogP contribution in [0.15, 0.2) is 35.4 Å². The number of nitrogens with one attached hydrogen (secondary N) is 1. The van der Waals surface area contributed by atoms with Crippen molar-refractivity contribution in [3.8, 4) is 17.2 Å². The SMILES string of the molecule is COc1cc(/C(C)=N/Nc2ccc([N+](=O)[O-])cc2[N+](=O)[O-])cc(OC)c1OC.